The SMILES string of the molecule is CN(C(=O)C1CCC(CN)CC1)c1ccc(O)cc1. The van der Waals surface area contributed by atoms with E-state index in [0.29, 0.717) is 5.92 Å². The first-order chi connectivity index (χ1) is 9.11. The summed E-state index contributed by atoms with van der Waals surface area (Å²) in [6.07, 6.45) is 3.97. The molecule has 0 atom stereocenters. The molecule has 4 nitrogen and oxygen atoms in total. The molecule has 0 spiro atoms. The Balaban J connectivity index is 1.98. The molecule has 1 aliphatic rings. The number of nitrogens with two attached hydrogens (primary N) is 1. The summed E-state index contributed by atoms with van der Waals surface area (Å²) in [5, 5.41) is 9.27. The van der Waals surface area contributed by atoms with Crippen LogP contribution < -0.4 is 10.6 Å². The molecular formula is C15H22N2O2. The monoisotopic (exact) mass is 262 g/mol. The molecule has 1 aromatic rings. The fraction of sp³-hybridized carbons (Fsp3) is 0.533. The first kappa shape index (κ1) is 13.9. The van der Waals surface area contributed by atoms with Crippen LogP contribution in [0.25, 0.3) is 0 Å². The minimum Gasteiger partial charge on any atom is -0.508 e. The lowest BCUT2D eigenvalue weighted by Crippen LogP contribution is -2.35. The summed E-state index contributed by atoms with van der Waals surface area (Å²) >= 11 is 0. The molecule has 0 unspecified atom stereocenters. The van der Waals surface area contributed by atoms with Crippen molar-refractivity contribution in [2.75, 3.05) is 18.5 Å². The molecule has 3 N–H and O–H groups in total. The van der Waals surface area contributed by atoms with Crippen LogP contribution in [0, 0.1) is 11.8 Å². The van der Waals surface area contributed by atoms with Crippen molar-refractivity contribution in [3.05, 3.63) is 24.3 Å². The van der Waals surface area contributed by atoms with E-state index in [0.717, 1.165) is 37.9 Å². The fourth-order valence-corrected chi connectivity index (χ4v) is 2.72. The second-order valence-corrected chi connectivity index (χ2v) is 5.37. The van der Waals surface area contributed by atoms with Crippen LogP contribution in [-0.2, 0) is 4.79 Å². The van der Waals surface area contributed by atoms with Crippen molar-refractivity contribution in [1.82, 2.24) is 0 Å². The third kappa shape index (κ3) is 3.26. The number of phenols is 1. The zero-order valence-corrected chi connectivity index (χ0v) is 11.4. The van der Waals surface area contributed by atoms with Gasteiger partial charge in [0.15, 0.2) is 0 Å². The number of nitrogens with zero attached hydrogens (tertiary/aromatic N) is 1. The summed E-state index contributed by atoms with van der Waals surface area (Å²) in [4.78, 5) is 14.1. The van der Waals surface area contributed by atoms with Gasteiger partial charge in [0, 0.05) is 18.7 Å². The van der Waals surface area contributed by atoms with Crippen molar-refractivity contribution >= 4 is 11.6 Å². The molecule has 1 amide bonds. The first-order valence-electron chi connectivity index (χ1n) is 6.88. The van der Waals surface area contributed by atoms with Gasteiger partial charge in [-0.15, -0.1) is 0 Å². The highest BCUT2D eigenvalue weighted by molar-refractivity contribution is 5.94. The van der Waals surface area contributed by atoms with Crippen LogP contribution >= 0.6 is 0 Å². The molecule has 0 saturated heterocycles. The van der Waals surface area contributed by atoms with Gasteiger partial charge in [-0.3, -0.25) is 4.79 Å². The second-order valence-electron chi connectivity index (χ2n) is 5.37. The van der Waals surface area contributed by atoms with Gasteiger partial charge in [0.25, 0.3) is 0 Å². The van der Waals surface area contributed by atoms with E-state index in [4.69, 9.17) is 5.73 Å². The summed E-state index contributed by atoms with van der Waals surface area (Å²) in [6, 6.07) is 6.73. The van der Waals surface area contributed by atoms with Crippen LogP contribution in [0.15, 0.2) is 24.3 Å². The Bertz CT molecular complexity index is 422. The average Bonchev–Trinajstić information content (AvgIpc) is 2.46. The Morgan fingerprint density at radius 1 is 1.26 bits per heavy atom. The minimum absolute atomic E-state index is 0.113. The normalized spacial score (nSPS) is 23.1. The number of benzene rings is 1. The number of hydrogen-bond donors (Lipinski definition) is 2. The van der Waals surface area contributed by atoms with Gasteiger partial charge in [-0.05, 0) is 62.4 Å². The van der Waals surface area contributed by atoms with Crippen molar-refractivity contribution in [2.24, 2.45) is 17.6 Å². The van der Waals surface area contributed by atoms with Crippen molar-refractivity contribution in [2.45, 2.75) is 25.7 Å². The lowest BCUT2D eigenvalue weighted by atomic mass is 9.81. The number of anilines is 1. The summed E-state index contributed by atoms with van der Waals surface area (Å²) in [5.74, 6) is 1.08. The van der Waals surface area contributed by atoms with Crippen LogP contribution in [0.5, 0.6) is 5.75 Å². The molecule has 1 saturated carbocycles. The van der Waals surface area contributed by atoms with E-state index in [1.807, 2.05) is 0 Å². The smallest absolute Gasteiger partial charge is 0.229 e. The number of carbonyl (C=O) groups is 1. The van der Waals surface area contributed by atoms with E-state index in [9.17, 15) is 9.90 Å². The van der Waals surface area contributed by atoms with Gasteiger partial charge in [-0.25, -0.2) is 0 Å². The fourth-order valence-electron chi connectivity index (χ4n) is 2.72. The molecule has 0 aliphatic heterocycles. The average molecular weight is 262 g/mol. The Hall–Kier alpha value is -1.55. The van der Waals surface area contributed by atoms with Gasteiger partial charge in [-0.1, -0.05) is 0 Å². The van der Waals surface area contributed by atoms with Crippen molar-refractivity contribution in [3.63, 3.8) is 0 Å². The summed E-state index contributed by atoms with van der Waals surface area (Å²) in [7, 11) is 1.80. The van der Waals surface area contributed by atoms with Crippen LogP contribution in [-0.4, -0.2) is 24.6 Å². The van der Waals surface area contributed by atoms with Gasteiger partial charge in [0.2, 0.25) is 5.91 Å². The molecule has 0 radical (unpaired) electrons. The van der Waals surface area contributed by atoms with Gasteiger partial charge in [0.1, 0.15) is 5.75 Å². The van der Waals surface area contributed by atoms with Crippen LogP contribution in [0.1, 0.15) is 25.7 Å². The lowest BCUT2D eigenvalue weighted by molar-refractivity contribution is -0.123. The quantitative estimate of drug-likeness (QED) is 0.877. The summed E-state index contributed by atoms with van der Waals surface area (Å²) in [6.45, 7) is 0.731. The Morgan fingerprint density at radius 2 is 1.84 bits per heavy atom. The van der Waals surface area contributed by atoms with Gasteiger partial charge >= 0.3 is 0 Å². The molecule has 0 heterocycles. The maximum absolute atomic E-state index is 12.4. The van der Waals surface area contributed by atoms with E-state index in [2.05, 4.69) is 0 Å². The summed E-state index contributed by atoms with van der Waals surface area (Å²) < 4.78 is 0. The first-order valence-corrected chi connectivity index (χ1v) is 6.88. The van der Waals surface area contributed by atoms with Gasteiger partial charge in [0.05, 0.1) is 0 Å². The molecule has 1 aromatic carbocycles. The highest BCUT2D eigenvalue weighted by atomic mass is 16.3. The number of hydrogen-bond acceptors (Lipinski definition) is 3. The van der Waals surface area contributed by atoms with Crippen LogP contribution in [0.4, 0.5) is 5.69 Å². The molecule has 1 aliphatic carbocycles. The molecule has 4 heteroatoms. The predicted octanol–water partition coefficient (Wildman–Crippen LogP) is 2.12. The van der Waals surface area contributed by atoms with Gasteiger partial charge < -0.3 is 15.7 Å². The van der Waals surface area contributed by atoms with Crippen molar-refractivity contribution < 1.29 is 9.90 Å². The third-order valence-electron chi connectivity index (χ3n) is 4.10. The summed E-state index contributed by atoms with van der Waals surface area (Å²) in [5.41, 5.74) is 6.49. The predicted molar refractivity (Wildman–Crippen MR) is 76.0 cm³/mol. The van der Waals surface area contributed by atoms with E-state index in [1.54, 1.807) is 36.2 Å². The molecule has 0 bridgehead atoms. The Morgan fingerprint density at radius 3 is 2.37 bits per heavy atom. The van der Waals surface area contributed by atoms with E-state index < -0.39 is 0 Å². The van der Waals surface area contributed by atoms with Crippen molar-refractivity contribution in [1.29, 1.82) is 0 Å². The Labute approximate surface area is 114 Å². The molecule has 19 heavy (non-hydrogen) atoms. The maximum Gasteiger partial charge on any atom is 0.229 e. The van der Waals surface area contributed by atoms with E-state index >= 15 is 0 Å². The van der Waals surface area contributed by atoms with Gasteiger partial charge in [-0.2, -0.15) is 0 Å². The third-order valence-corrected chi connectivity index (χ3v) is 4.10. The van der Waals surface area contributed by atoms with E-state index in [-0.39, 0.29) is 17.6 Å². The number of rotatable bonds is 3. The zero-order valence-electron chi connectivity index (χ0n) is 11.4. The lowest BCUT2D eigenvalue weighted by Gasteiger charge is -2.30. The topological polar surface area (TPSA) is 66.6 Å². The number of phenolic OH excluding ortho intramolecular Hbond substituents is 1. The van der Waals surface area contributed by atoms with Crippen LogP contribution in [0.3, 0.4) is 0 Å². The largest absolute Gasteiger partial charge is 0.508 e. The number of aromatic hydroxyl groups is 1. The zero-order chi connectivity index (χ0) is 13.8. The highest BCUT2D eigenvalue weighted by Gasteiger charge is 2.28. The minimum atomic E-state index is 0.113. The second kappa shape index (κ2) is 6.06. The standard InChI is InChI=1S/C15H22N2O2/c1-17(13-6-8-14(18)9-7-13)15(19)12-4-2-11(10-16)3-5-12/h6-9,11-12,18H,2-5,10,16H2,1H3. The van der Waals surface area contributed by atoms with E-state index in [1.165, 1.54) is 0 Å². The molecule has 104 valence electrons. The highest BCUT2D eigenvalue weighted by Crippen LogP contribution is 2.30. The maximum atomic E-state index is 12.4. The number of carbonyl (C=O) groups excluding carboxylic acids is 1. The molecular weight excluding hydrogens is 240 g/mol. The van der Waals surface area contributed by atoms with Crippen molar-refractivity contribution in [3.8, 4) is 5.75 Å². The van der Waals surface area contributed by atoms with Crippen LogP contribution in [0.2, 0.25) is 0 Å². The number of amides is 1. The molecule has 1 fully saturated rings. The molecule has 2 rings (SSSR count). The molecule has 0 aromatic heterocycles. The Kier molecular flexibility index (Phi) is 4.43.